The van der Waals surface area contributed by atoms with E-state index >= 15 is 0 Å². The summed E-state index contributed by atoms with van der Waals surface area (Å²) in [5.41, 5.74) is 1.63. The maximum Gasteiger partial charge on any atom is 0.489 e. The first kappa shape index (κ1) is 11.6. The Balaban J connectivity index is 3.13. The fraction of sp³-hybridized carbons (Fsp3) is 0.400. The lowest BCUT2D eigenvalue weighted by molar-refractivity contribution is 0.425. The van der Waals surface area contributed by atoms with Gasteiger partial charge in [0.15, 0.2) is 0 Å². The standard InChI is InChI=1S/C10H15BO2S/c1-10(2,3)7-4-5-8(11(12)13)9(14)6-7/h4-6,12-14H,1-3H3. The molecule has 0 fully saturated rings. The van der Waals surface area contributed by atoms with E-state index in [1.165, 1.54) is 0 Å². The van der Waals surface area contributed by atoms with Crippen molar-refractivity contribution in [2.75, 3.05) is 0 Å². The summed E-state index contributed by atoms with van der Waals surface area (Å²) in [7, 11) is -1.45. The highest BCUT2D eigenvalue weighted by atomic mass is 32.1. The van der Waals surface area contributed by atoms with Gasteiger partial charge in [-0.25, -0.2) is 0 Å². The topological polar surface area (TPSA) is 40.5 Å². The van der Waals surface area contributed by atoms with Crippen LogP contribution < -0.4 is 5.46 Å². The SMILES string of the molecule is CC(C)(C)c1ccc(B(O)O)c(S)c1. The van der Waals surface area contributed by atoms with Crippen molar-refractivity contribution in [2.24, 2.45) is 0 Å². The third-order valence-corrected chi connectivity index (χ3v) is 2.56. The lowest BCUT2D eigenvalue weighted by Gasteiger charge is -2.20. The van der Waals surface area contributed by atoms with Gasteiger partial charge in [0.2, 0.25) is 0 Å². The molecule has 0 bridgehead atoms. The van der Waals surface area contributed by atoms with Gasteiger partial charge in [0.1, 0.15) is 0 Å². The van der Waals surface area contributed by atoms with Crippen molar-refractivity contribution in [1.29, 1.82) is 0 Å². The van der Waals surface area contributed by atoms with Gasteiger partial charge in [0.05, 0.1) is 0 Å². The van der Waals surface area contributed by atoms with Crippen molar-refractivity contribution < 1.29 is 10.0 Å². The van der Waals surface area contributed by atoms with Crippen LogP contribution in [0.25, 0.3) is 0 Å². The number of benzene rings is 1. The van der Waals surface area contributed by atoms with Crippen LogP contribution in [0.2, 0.25) is 0 Å². The van der Waals surface area contributed by atoms with E-state index in [0.29, 0.717) is 10.4 Å². The van der Waals surface area contributed by atoms with Crippen molar-refractivity contribution in [3.8, 4) is 0 Å². The molecule has 0 aliphatic heterocycles. The van der Waals surface area contributed by atoms with Crippen LogP contribution in [0.1, 0.15) is 26.3 Å². The summed E-state index contributed by atoms with van der Waals surface area (Å²) in [5, 5.41) is 18.0. The first-order valence-electron chi connectivity index (χ1n) is 4.52. The Bertz CT molecular complexity index is 331. The van der Waals surface area contributed by atoms with E-state index in [4.69, 9.17) is 10.0 Å². The Hall–Kier alpha value is -0.445. The molecule has 2 nitrogen and oxygen atoms in total. The van der Waals surface area contributed by atoms with Gasteiger partial charge in [-0.1, -0.05) is 32.9 Å². The Labute approximate surface area is 90.5 Å². The predicted octanol–water partition coefficient (Wildman–Crippen LogP) is 0.953. The highest BCUT2D eigenvalue weighted by Crippen LogP contribution is 2.23. The van der Waals surface area contributed by atoms with E-state index in [1.807, 2.05) is 12.1 Å². The lowest BCUT2D eigenvalue weighted by atomic mass is 9.77. The normalized spacial score (nSPS) is 11.6. The number of rotatable bonds is 1. The van der Waals surface area contributed by atoms with E-state index in [-0.39, 0.29) is 5.41 Å². The van der Waals surface area contributed by atoms with Crippen molar-refractivity contribution in [2.45, 2.75) is 31.1 Å². The van der Waals surface area contributed by atoms with Gasteiger partial charge in [-0.2, -0.15) is 0 Å². The molecule has 0 aliphatic carbocycles. The van der Waals surface area contributed by atoms with Gasteiger partial charge < -0.3 is 10.0 Å². The average molecular weight is 210 g/mol. The van der Waals surface area contributed by atoms with Crippen molar-refractivity contribution in [1.82, 2.24) is 0 Å². The molecule has 4 heteroatoms. The minimum absolute atomic E-state index is 0.0520. The molecule has 0 saturated carbocycles. The number of thiol groups is 1. The van der Waals surface area contributed by atoms with E-state index in [2.05, 4.69) is 33.4 Å². The molecule has 0 spiro atoms. The molecule has 0 unspecified atom stereocenters. The van der Waals surface area contributed by atoms with Gasteiger partial charge in [0, 0.05) is 4.90 Å². The summed E-state index contributed by atoms with van der Waals surface area (Å²) in [5.74, 6) is 0. The van der Waals surface area contributed by atoms with Crippen LogP contribution >= 0.6 is 12.6 Å². The fourth-order valence-electron chi connectivity index (χ4n) is 1.23. The molecule has 0 heterocycles. The molecule has 0 atom stereocenters. The van der Waals surface area contributed by atoms with Gasteiger partial charge >= 0.3 is 7.12 Å². The number of hydrogen-bond donors (Lipinski definition) is 3. The lowest BCUT2D eigenvalue weighted by Crippen LogP contribution is -2.31. The molecule has 1 rings (SSSR count). The number of hydrogen-bond acceptors (Lipinski definition) is 3. The van der Waals surface area contributed by atoms with Gasteiger partial charge in [-0.05, 0) is 22.5 Å². The summed E-state index contributed by atoms with van der Waals surface area (Å²) in [4.78, 5) is 0.618. The zero-order valence-corrected chi connectivity index (χ0v) is 9.55. The van der Waals surface area contributed by atoms with Gasteiger partial charge in [0.25, 0.3) is 0 Å². The summed E-state index contributed by atoms with van der Waals surface area (Å²) < 4.78 is 0. The minimum Gasteiger partial charge on any atom is -0.423 e. The highest BCUT2D eigenvalue weighted by molar-refractivity contribution is 7.80. The Morgan fingerprint density at radius 2 is 1.79 bits per heavy atom. The average Bonchev–Trinajstić information content (AvgIpc) is 2.01. The van der Waals surface area contributed by atoms with Crippen LogP contribution in [0.4, 0.5) is 0 Å². The zero-order chi connectivity index (χ0) is 10.9. The molecule has 0 aromatic heterocycles. The van der Waals surface area contributed by atoms with Crippen LogP contribution in [0.5, 0.6) is 0 Å². The van der Waals surface area contributed by atoms with E-state index in [0.717, 1.165) is 5.56 Å². The van der Waals surface area contributed by atoms with Crippen LogP contribution in [0, 0.1) is 0 Å². The van der Waals surface area contributed by atoms with E-state index in [9.17, 15) is 0 Å². The Morgan fingerprint density at radius 1 is 1.21 bits per heavy atom. The second kappa shape index (κ2) is 3.97. The first-order chi connectivity index (χ1) is 6.32. The summed E-state index contributed by atoms with van der Waals surface area (Å²) in [6, 6.07) is 5.47. The fourth-order valence-corrected chi connectivity index (χ4v) is 1.56. The van der Waals surface area contributed by atoms with Crippen LogP contribution in [-0.2, 0) is 5.41 Å². The quantitative estimate of drug-likeness (QED) is 0.477. The molecule has 0 radical (unpaired) electrons. The summed E-state index contributed by atoms with van der Waals surface area (Å²) in [6.45, 7) is 6.31. The third-order valence-electron chi connectivity index (χ3n) is 2.17. The monoisotopic (exact) mass is 210 g/mol. The second-order valence-electron chi connectivity index (χ2n) is 4.40. The zero-order valence-electron chi connectivity index (χ0n) is 8.65. The second-order valence-corrected chi connectivity index (χ2v) is 4.88. The van der Waals surface area contributed by atoms with Crippen LogP contribution in [-0.4, -0.2) is 17.2 Å². The maximum absolute atomic E-state index is 9.00. The van der Waals surface area contributed by atoms with Crippen molar-refractivity contribution >= 4 is 25.2 Å². The van der Waals surface area contributed by atoms with Gasteiger partial charge in [-0.15, -0.1) is 12.6 Å². The summed E-state index contributed by atoms with van der Waals surface area (Å²) >= 11 is 4.22. The highest BCUT2D eigenvalue weighted by Gasteiger charge is 2.18. The molecule has 0 aliphatic rings. The largest absolute Gasteiger partial charge is 0.489 e. The smallest absolute Gasteiger partial charge is 0.423 e. The molecule has 1 aromatic rings. The molecule has 0 saturated heterocycles. The molecule has 76 valence electrons. The van der Waals surface area contributed by atoms with Crippen molar-refractivity contribution in [3.63, 3.8) is 0 Å². The van der Waals surface area contributed by atoms with Crippen LogP contribution in [0.15, 0.2) is 23.1 Å². The third kappa shape index (κ3) is 2.53. The summed E-state index contributed by atoms with van der Waals surface area (Å²) in [6.07, 6.45) is 0. The van der Waals surface area contributed by atoms with Crippen molar-refractivity contribution in [3.05, 3.63) is 23.8 Å². The van der Waals surface area contributed by atoms with E-state index in [1.54, 1.807) is 6.07 Å². The molecular weight excluding hydrogens is 195 g/mol. The Morgan fingerprint density at radius 3 is 2.14 bits per heavy atom. The van der Waals surface area contributed by atoms with Crippen LogP contribution in [0.3, 0.4) is 0 Å². The van der Waals surface area contributed by atoms with Gasteiger partial charge in [-0.3, -0.25) is 0 Å². The molecule has 0 amide bonds. The molecule has 2 N–H and O–H groups in total. The molecule has 14 heavy (non-hydrogen) atoms. The molecular formula is C10H15BO2S. The Kier molecular flexibility index (Phi) is 3.30. The molecule has 1 aromatic carbocycles. The predicted molar refractivity (Wildman–Crippen MR) is 62.2 cm³/mol. The van der Waals surface area contributed by atoms with E-state index < -0.39 is 7.12 Å². The first-order valence-corrected chi connectivity index (χ1v) is 4.96. The maximum atomic E-state index is 9.00. The minimum atomic E-state index is -1.45.